The number of aliphatic hydroxyl groups is 1. The highest BCUT2D eigenvalue weighted by Crippen LogP contribution is 2.65. The van der Waals surface area contributed by atoms with E-state index in [1.165, 1.54) is 0 Å². The molecule has 2 aliphatic rings. The molecule has 1 aromatic carbocycles. The fraction of sp³-hybridized carbons (Fsp3) is 0.364. The lowest BCUT2D eigenvalue weighted by Crippen LogP contribution is -2.23. The van der Waals surface area contributed by atoms with E-state index in [0.29, 0.717) is 5.56 Å². The smallest absolute Gasteiger partial charge is 0.225 e. The Morgan fingerprint density at radius 2 is 2.07 bits per heavy atom. The van der Waals surface area contributed by atoms with Gasteiger partial charge < -0.3 is 5.11 Å². The van der Waals surface area contributed by atoms with E-state index in [1.54, 1.807) is 19.1 Å². The average Bonchev–Trinajstić information content (AvgIpc) is 2.56. The third kappa shape index (κ3) is 0.683. The van der Waals surface area contributed by atoms with Crippen molar-refractivity contribution in [1.29, 1.82) is 0 Å². The maximum absolute atomic E-state index is 11.9. The van der Waals surface area contributed by atoms with E-state index in [9.17, 15) is 14.1 Å². The number of benzene rings is 1. The van der Waals surface area contributed by atoms with Crippen LogP contribution in [0.15, 0.2) is 18.2 Å². The minimum atomic E-state index is -1.65. The molecule has 0 radical (unpaired) electrons. The summed E-state index contributed by atoms with van der Waals surface area (Å²) in [6, 6.07) is 5.35. The maximum atomic E-state index is 11.9. The molecule has 1 aliphatic heterocycles. The molecule has 0 spiro atoms. The normalized spacial score (nSPS) is 41.3. The third-order valence-electron chi connectivity index (χ3n) is 3.55. The van der Waals surface area contributed by atoms with E-state index in [0.717, 1.165) is 11.1 Å². The fourth-order valence-electron chi connectivity index (χ4n) is 2.62. The van der Waals surface area contributed by atoms with Crippen molar-refractivity contribution >= 4 is 16.6 Å². The highest BCUT2D eigenvalue weighted by atomic mass is 32.2. The van der Waals surface area contributed by atoms with Crippen molar-refractivity contribution < 1.29 is 14.1 Å². The van der Waals surface area contributed by atoms with E-state index in [-0.39, 0.29) is 5.78 Å². The minimum absolute atomic E-state index is 0.387. The van der Waals surface area contributed by atoms with Gasteiger partial charge in [-0.2, -0.15) is 0 Å². The number of carbonyl (C=O) groups excluding carboxylic acids is 1. The van der Waals surface area contributed by atoms with Crippen molar-refractivity contribution in [2.45, 2.75) is 23.5 Å². The Labute approximate surface area is 89.6 Å². The molecule has 3 unspecified atom stereocenters. The molecule has 1 saturated heterocycles. The number of rotatable bonds is 0. The number of fused-ring (bicyclic) bond motifs is 3. The summed E-state index contributed by atoms with van der Waals surface area (Å²) in [5, 5.41) is 10.1. The molecule has 0 saturated carbocycles. The quantitative estimate of drug-likeness (QED) is 0.662. The Bertz CT molecular complexity index is 537. The van der Waals surface area contributed by atoms with Gasteiger partial charge in [0, 0.05) is 5.56 Å². The van der Waals surface area contributed by atoms with Crippen LogP contribution in [0.1, 0.15) is 28.4 Å². The molecule has 1 aromatic rings. The molecular weight excluding hydrogens is 212 g/mol. The van der Waals surface area contributed by atoms with Crippen LogP contribution in [-0.4, -0.2) is 20.0 Å². The van der Waals surface area contributed by atoms with Crippen LogP contribution in [0.2, 0.25) is 0 Å². The summed E-state index contributed by atoms with van der Waals surface area (Å²) < 4.78 is 10.8. The predicted octanol–water partition coefficient (Wildman–Crippen LogP) is 0.857. The summed E-state index contributed by atoms with van der Waals surface area (Å²) in [5.74, 6) is -0.387. The first-order valence-corrected chi connectivity index (χ1v) is 5.90. The van der Waals surface area contributed by atoms with Crippen LogP contribution in [-0.2, 0) is 15.5 Å². The molecule has 1 heterocycles. The molecule has 15 heavy (non-hydrogen) atoms. The van der Waals surface area contributed by atoms with Gasteiger partial charge >= 0.3 is 0 Å². The zero-order valence-electron chi connectivity index (χ0n) is 8.40. The number of carbonyl (C=O) groups is 1. The first kappa shape index (κ1) is 9.24. The fourth-order valence-corrected chi connectivity index (χ4v) is 4.43. The largest absolute Gasteiger partial charge is 0.369 e. The van der Waals surface area contributed by atoms with Gasteiger partial charge in [-0.3, -0.25) is 9.00 Å². The van der Waals surface area contributed by atoms with Crippen LogP contribution in [0.4, 0.5) is 0 Å². The highest BCUT2D eigenvalue weighted by Gasteiger charge is 2.83. The van der Waals surface area contributed by atoms with Gasteiger partial charge in [-0.05, 0) is 25.0 Å². The van der Waals surface area contributed by atoms with Crippen LogP contribution < -0.4 is 0 Å². The van der Waals surface area contributed by atoms with E-state index in [1.807, 2.05) is 13.0 Å². The van der Waals surface area contributed by atoms with Crippen molar-refractivity contribution in [1.82, 2.24) is 0 Å². The van der Waals surface area contributed by atoms with Crippen molar-refractivity contribution in [2.24, 2.45) is 0 Å². The van der Waals surface area contributed by atoms with Gasteiger partial charge in [0.2, 0.25) is 10.7 Å². The predicted molar refractivity (Wildman–Crippen MR) is 56.0 cm³/mol. The van der Waals surface area contributed by atoms with Gasteiger partial charge in [-0.25, -0.2) is 0 Å². The Morgan fingerprint density at radius 1 is 1.40 bits per heavy atom. The summed E-state index contributed by atoms with van der Waals surface area (Å²) in [6.45, 7) is 3.57. The van der Waals surface area contributed by atoms with Gasteiger partial charge in [-0.15, -0.1) is 0 Å². The summed E-state index contributed by atoms with van der Waals surface area (Å²) in [6.07, 6.45) is 0. The monoisotopic (exact) mass is 222 g/mol. The zero-order chi connectivity index (χ0) is 11.0. The van der Waals surface area contributed by atoms with Crippen molar-refractivity contribution in [3.8, 4) is 0 Å². The Morgan fingerprint density at radius 3 is 2.73 bits per heavy atom. The van der Waals surface area contributed by atoms with Crippen LogP contribution in [0, 0.1) is 6.92 Å². The molecule has 3 nitrogen and oxygen atoms in total. The molecule has 3 rings (SSSR count). The number of ketones is 1. The Balaban J connectivity index is 2.41. The lowest BCUT2D eigenvalue weighted by atomic mass is 9.97. The van der Waals surface area contributed by atoms with Gasteiger partial charge in [0.15, 0.2) is 0 Å². The Kier molecular flexibility index (Phi) is 1.37. The summed E-state index contributed by atoms with van der Waals surface area (Å²) >= 11 is 0. The lowest BCUT2D eigenvalue weighted by Gasteiger charge is -2.08. The van der Waals surface area contributed by atoms with Gasteiger partial charge in [0.1, 0.15) is 4.75 Å². The second-order valence-corrected chi connectivity index (χ2v) is 6.22. The number of hydrogen-bond donors (Lipinski definition) is 1. The van der Waals surface area contributed by atoms with Crippen LogP contribution in [0.5, 0.6) is 0 Å². The zero-order valence-corrected chi connectivity index (χ0v) is 9.22. The van der Waals surface area contributed by atoms with Gasteiger partial charge in [-0.1, -0.05) is 18.2 Å². The van der Waals surface area contributed by atoms with Crippen LogP contribution in [0.3, 0.4) is 0 Å². The van der Waals surface area contributed by atoms with E-state index in [4.69, 9.17) is 0 Å². The highest BCUT2D eigenvalue weighted by molar-refractivity contribution is 7.96. The van der Waals surface area contributed by atoms with E-state index >= 15 is 0 Å². The molecule has 4 heteroatoms. The summed E-state index contributed by atoms with van der Waals surface area (Å²) in [4.78, 5) is 10.2. The number of aryl methyl sites for hydroxylation is 1. The van der Waals surface area contributed by atoms with Crippen molar-refractivity contribution in [2.75, 3.05) is 0 Å². The SMILES string of the molecule is Cc1cccc2c1C1(C)S(=O)C1(O)C2=O. The first-order chi connectivity index (χ1) is 6.95. The maximum Gasteiger partial charge on any atom is 0.225 e. The molecule has 0 bridgehead atoms. The molecular formula is C11H10O3S. The molecule has 0 aromatic heterocycles. The summed E-state index contributed by atoms with van der Waals surface area (Å²) in [7, 11) is -1.48. The molecule has 78 valence electrons. The van der Waals surface area contributed by atoms with Crippen LogP contribution >= 0.6 is 0 Å². The van der Waals surface area contributed by atoms with Crippen molar-refractivity contribution in [3.05, 3.63) is 34.9 Å². The molecule has 1 fully saturated rings. The second-order valence-electron chi connectivity index (χ2n) is 4.27. The average molecular weight is 222 g/mol. The first-order valence-electron chi connectivity index (χ1n) is 4.75. The van der Waals surface area contributed by atoms with Gasteiger partial charge in [0.25, 0.3) is 0 Å². The topological polar surface area (TPSA) is 54.4 Å². The second kappa shape index (κ2) is 2.23. The lowest BCUT2D eigenvalue weighted by molar-refractivity contribution is 0.0721. The van der Waals surface area contributed by atoms with E-state index in [2.05, 4.69) is 0 Å². The number of Topliss-reactive ketones (excluding diaryl/α,β-unsaturated/α-hetero) is 1. The molecule has 1 aliphatic carbocycles. The van der Waals surface area contributed by atoms with Crippen LogP contribution in [0.25, 0.3) is 0 Å². The molecule has 3 atom stereocenters. The van der Waals surface area contributed by atoms with E-state index < -0.39 is 20.5 Å². The van der Waals surface area contributed by atoms with Crippen molar-refractivity contribution in [3.63, 3.8) is 0 Å². The summed E-state index contributed by atoms with van der Waals surface area (Å²) in [5.41, 5.74) is 2.21. The molecule has 1 N–H and O–H groups in total. The molecule has 0 amide bonds. The standard InChI is InChI=1S/C11H10O3S/c1-6-4-3-5-7-8(6)10(2)11(13,9(7)12)15(10)14/h3-5,13H,1-2H3. The third-order valence-corrected chi connectivity index (χ3v) is 5.71. The number of hydrogen-bond acceptors (Lipinski definition) is 3. The Hall–Kier alpha value is -1.00. The van der Waals surface area contributed by atoms with Gasteiger partial charge in [0.05, 0.1) is 10.8 Å². The minimum Gasteiger partial charge on any atom is -0.369 e.